The summed E-state index contributed by atoms with van der Waals surface area (Å²) in [5, 5.41) is 8.78. The van der Waals surface area contributed by atoms with E-state index >= 15 is 0 Å². The van der Waals surface area contributed by atoms with Crippen molar-refractivity contribution in [1.82, 2.24) is 0 Å². The summed E-state index contributed by atoms with van der Waals surface area (Å²) >= 11 is 0. The van der Waals surface area contributed by atoms with E-state index in [9.17, 15) is 4.79 Å². The number of carboxylic acids is 1. The quantitative estimate of drug-likeness (QED) is 0.821. The molecule has 0 spiro atoms. The zero-order valence-electron chi connectivity index (χ0n) is 8.11. The van der Waals surface area contributed by atoms with Crippen LogP contribution in [0.15, 0.2) is 18.2 Å². The van der Waals surface area contributed by atoms with Gasteiger partial charge >= 0.3 is 5.97 Å². The summed E-state index contributed by atoms with van der Waals surface area (Å²) in [6.45, 7) is 0. The first-order valence-electron chi connectivity index (χ1n) is 3.65. The van der Waals surface area contributed by atoms with E-state index in [1.165, 1.54) is 20.3 Å². The number of carboxylic acid groups (broad SMARTS) is 1. The molecule has 0 bridgehead atoms. The average molecular weight is 248 g/mol. The fourth-order valence-electron chi connectivity index (χ4n) is 1.06. The van der Waals surface area contributed by atoms with Gasteiger partial charge < -0.3 is 14.6 Å². The molecule has 0 aliphatic heterocycles. The normalized spacial score (nSPS) is 8.71. The van der Waals surface area contributed by atoms with Crippen molar-refractivity contribution >= 4 is 5.97 Å². The Bertz CT molecular complexity index is 325. The molecule has 0 aromatic heterocycles. The van der Waals surface area contributed by atoms with E-state index in [0.29, 0.717) is 5.75 Å². The maximum Gasteiger partial charge on any atom is 0.339 e. The number of benzene rings is 1. The molecule has 0 heterocycles. The Morgan fingerprint density at radius 3 is 2.36 bits per heavy atom. The van der Waals surface area contributed by atoms with Gasteiger partial charge in [0.1, 0.15) is 5.56 Å². The molecular formula is C9H10O4Zn. The van der Waals surface area contributed by atoms with E-state index in [2.05, 4.69) is 0 Å². The first kappa shape index (κ1) is 12.9. The van der Waals surface area contributed by atoms with Crippen LogP contribution in [0, 0.1) is 0 Å². The number of methoxy groups -OCH3 is 2. The average Bonchev–Trinajstić information content (AvgIpc) is 2.16. The Balaban J connectivity index is 0.00000169. The fourth-order valence-corrected chi connectivity index (χ4v) is 1.06. The van der Waals surface area contributed by atoms with Gasteiger partial charge in [0.05, 0.1) is 14.2 Å². The molecule has 1 N–H and O–H groups in total. The number of hydrogen-bond acceptors (Lipinski definition) is 3. The molecule has 4 nitrogen and oxygen atoms in total. The summed E-state index contributed by atoms with van der Waals surface area (Å²) in [7, 11) is 2.87. The van der Waals surface area contributed by atoms with Gasteiger partial charge in [0.15, 0.2) is 11.5 Å². The van der Waals surface area contributed by atoms with Crippen LogP contribution in [-0.2, 0) is 19.5 Å². The third-order valence-corrected chi connectivity index (χ3v) is 1.63. The standard InChI is InChI=1S/C9H10O4.Zn/c1-12-7-5-3-4-6(9(10)11)8(7)13-2;/h3-5H,1-2H3,(H,10,11);. The third kappa shape index (κ3) is 2.45. The molecule has 0 aliphatic rings. The van der Waals surface area contributed by atoms with Gasteiger partial charge in [0.2, 0.25) is 0 Å². The van der Waals surface area contributed by atoms with Gasteiger partial charge in [-0.15, -0.1) is 0 Å². The SMILES string of the molecule is COc1cccc(C(=O)O)c1OC.[Zn]. The monoisotopic (exact) mass is 246 g/mol. The van der Waals surface area contributed by atoms with Crippen LogP contribution in [-0.4, -0.2) is 25.3 Å². The molecule has 0 unspecified atom stereocenters. The Morgan fingerprint density at radius 1 is 1.29 bits per heavy atom. The van der Waals surface area contributed by atoms with E-state index in [1.807, 2.05) is 0 Å². The van der Waals surface area contributed by atoms with Crippen molar-refractivity contribution in [2.45, 2.75) is 0 Å². The molecule has 0 amide bonds. The summed E-state index contributed by atoms with van der Waals surface area (Å²) in [5.74, 6) is -0.365. The van der Waals surface area contributed by atoms with Gasteiger partial charge in [0, 0.05) is 19.5 Å². The van der Waals surface area contributed by atoms with Gasteiger partial charge in [0.25, 0.3) is 0 Å². The summed E-state index contributed by atoms with van der Waals surface area (Å²) in [5.41, 5.74) is 0.0989. The van der Waals surface area contributed by atoms with Crippen LogP contribution in [0.5, 0.6) is 11.5 Å². The molecule has 1 rings (SSSR count). The van der Waals surface area contributed by atoms with Crippen molar-refractivity contribution in [3.63, 3.8) is 0 Å². The number of para-hydroxylation sites is 1. The maximum absolute atomic E-state index is 10.7. The second-order valence-electron chi connectivity index (χ2n) is 2.35. The first-order chi connectivity index (χ1) is 6.20. The van der Waals surface area contributed by atoms with E-state index in [0.717, 1.165) is 0 Å². The minimum absolute atomic E-state index is 0. The Morgan fingerprint density at radius 2 is 1.93 bits per heavy atom. The smallest absolute Gasteiger partial charge is 0.339 e. The number of carbonyl (C=O) groups is 1. The van der Waals surface area contributed by atoms with E-state index in [4.69, 9.17) is 14.6 Å². The Labute approximate surface area is 94.6 Å². The largest absolute Gasteiger partial charge is 0.493 e. The van der Waals surface area contributed by atoms with E-state index in [1.54, 1.807) is 12.1 Å². The van der Waals surface area contributed by atoms with Crippen LogP contribution < -0.4 is 9.47 Å². The van der Waals surface area contributed by atoms with Crippen molar-refractivity contribution in [1.29, 1.82) is 0 Å². The van der Waals surface area contributed by atoms with Crippen molar-refractivity contribution in [3.05, 3.63) is 23.8 Å². The van der Waals surface area contributed by atoms with Crippen molar-refractivity contribution < 1.29 is 38.9 Å². The second kappa shape index (κ2) is 5.60. The van der Waals surface area contributed by atoms with Gasteiger partial charge in [-0.25, -0.2) is 4.79 Å². The zero-order valence-corrected chi connectivity index (χ0v) is 11.1. The van der Waals surface area contributed by atoms with Gasteiger partial charge in [-0.05, 0) is 12.1 Å². The van der Waals surface area contributed by atoms with Crippen LogP contribution in [0.25, 0.3) is 0 Å². The molecule has 0 aliphatic carbocycles. The van der Waals surface area contributed by atoms with Gasteiger partial charge in [-0.3, -0.25) is 0 Å². The molecule has 14 heavy (non-hydrogen) atoms. The Kier molecular flexibility index (Phi) is 5.17. The van der Waals surface area contributed by atoms with Crippen LogP contribution in [0.1, 0.15) is 10.4 Å². The minimum atomic E-state index is -1.03. The van der Waals surface area contributed by atoms with Crippen molar-refractivity contribution in [2.75, 3.05) is 14.2 Å². The number of aromatic carboxylic acids is 1. The van der Waals surface area contributed by atoms with E-state index in [-0.39, 0.29) is 30.8 Å². The Hall–Kier alpha value is -1.09. The molecule has 1 aromatic rings. The second-order valence-corrected chi connectivity index (χ2v) is 2.35. The van der Waals surface area contributed by atoms with Gasteiger partial charge in [-0.1, -0.05) is 6.07 Å². The minimum Gasteiger partial charge on any atom is -0.493 e. The van der Waals surface area contributed by atoms with Crippen LogP contribution in [0.2, 0.25) is 0 Å². The summed E-state index contributed by atoms with van der Waals surface area (Å²) in [6.07, 6.45) is 0. The fraction of sp³-hybridized carbons (Fsp3) is 0.222. The van der Waals surface area contributed by atoms with Crippen molar-refractivity contribution in [3.8, 4) is 11.5 Å². The van der Waals surface area contributed by atoms with Crippen LogP contribution in [0.4, 0.5) is 0 Å². The molecule has 0 fully saturated rings. The summed E-state index contributed by atoms with van der Waals surface area (Å²) < 4.78 is 9.86. The van der Waals surface area contributed by atoms with Crippen LogP contribution in [0.3, 0.4) is 0 Å². The zero-order chi connectivity index (χ0) is 9.84. The molecule has 5 heteroatoms. The molecule has 0 radical (unpaired) electrons. The predicted molar refractivity (Wildman–Crippen MR) is 46.5 cm³/mol. The maximum atomic E-state index is 10.7. The molecule has 1 aromatic carbocycles. The van der Waals surface area contributed by atoms with E-state index < -0.39 is 5.97 Å². The molecule has 0 atom stereocenters. The predicted octanol–water partition coefficient (Wildman–Crippen LogP) is 1.40. The van der Waals surface area contributed by atoms with Crippen molar-refractivity contribution in [2.24, 2.45) is 0 Å². The molecule has 0 saturated carbocycles. The number of ether oxygens (including phenoxy) is 2. The number of rotatable bonds is 3. The van der Waals surface area contributed by atoms with Crippen LogP contribution >= 0.6 is 0 Å². The first-order valence-corrected chi connectivity index (χ1v) is 3.65. The van der Waals surface area contributed by atoms with Gasteiger partial charge in [-0.2, -0.15) is 0 Å². The number of hydrogen-bond donors (Lipinski definition) is 1. The third-order valence-electron chi connectivity index (χ3n) is 1.63. The summed E-state index contributed by atoms with van der Waals surface area (Å²) in [6, 6.07) is 4.71. The molecule has 0 saturated heterocycles. The molecule has 72 valence electrons. The summed E-state index contributed by atoms with van der Waals surface area (Å²) in [4.78, 5) is 10.7. The molecular weight excluding hydrogens is 237 g/mol. The topological polar surface area (TPSA) is 55.8 Å².